The Hall–Kier alpha value is -2.63. The Morgan fingerprint density at radius 2 is 2.05 bits per heavy atom. The Morgan fingerprint density at radius 3 is 2.67 bits per heavy atom. The normalized spacial score (nSPS) is 10.2. The number of ether oxygens (including phenoxy) is 2. The number of hydrogen-bond donors (Lipinski definition) is 0. The van der Waals surface area contributed by atoms with E-state index in [0.717, 1.165) is 0 Å². The van der Waals surface area contributed by atoms with Gasteiger partial charge in [-0.1, -0.05) is 17.3 Å². The molecular formula is C15H15NO5. The van der Waals surface area contributed by atoms with E-state index in [1.54, 1.807) is 38.1 Å². The first-order chi connectivity index (χ1) is 10.0. The number of benzene rings is 1. The predicted octanol–water partition coefficient (Wildman–Crippen LogP) is 2.34. The maximum atomic E-state index is 12.0. The van der Waals surface area contributed by atoms with E-state index in [0.29, 0.717) is 22.8 Å². The van der Waals surface area contributed by atoms with Gasteiger partial charge in [-0.05, 0) is 26.0 Å². The summed E-state index contributed by atoms with van der Waals surface area (Å²) in [6, 6.07) is 6.65. The first-order valence-corrected chi connectivity index (χ1v) is 6.30. The smallest absolute Gasteiger partial charge is 0.344 e. The van der Waals surface area contributed by atoms with Crippen LogP contribution in [0.1, 0.15) is 32.2 Å². The lowest BCUT2D eigenvalue weighted by atomic mass is 10.1. The van der Waals surface area contributed by atoms with Gasteiger partial charge in [-0.25, -0.2) is 4.79 Å². The highest BCUT2D eigenvalue weighted by Crippen LogP contribution is 2.15. The molecule has 21 heavy (non-hydrogen) atoms. The van der Waals surface area contributed by atoms with E-state index in [1.807, 2.05) is 0 Å². The van der Waals surface area contributed by atoms with Gasteiger partial charge in [0.15, 0.2) is 12.4 Å². The molecule has 1 aromatic carbocycles. The maximum Gasteiger partial charge on any atom is 0.344 e. The zero-order valence-corrected chi connectivity index (χ0v) is 12.0. The van der Waals surface area contributed by atoms with Gasteiger partial charge < -0.3 is 14.0 Å². The molecule has 6 heteroatoms. The van der Waals surface area contributed by atoms with Gasteiger partial charge in [-0.15, -0.1) is 0 Å². The van der Waals surface area contributed by atoms with E-state index in [-0.39, 0.29) is 18.0 Å². The Balaban J connectivity index is 2.02. The number of carbonyl (C=O) groups excluding carboxylic acids is 2. The summed E-state index contributed by atoms with van der Waals surface area (Å²) in [5.74, 6) is 0.000681. The number of rotatable bonds is 5. The molecule has 0 radical (unpaired) electrons. The average molecular weight is 289 g/mol. The van der Waals surface area contributed by atoms with E-state index >= 15 is 0 Å². The van der Waals surface area contributed by atoms with Gasteiger partial charge >= 0.3 is 5.97 Å². The minimum Gasteiger partial charge on any atom is -0.497 e. The predicted molar refractivity (Wildman–Crippen MR) is 73.6 cm³/mol. The molecule has 0 unspecified atom stereocenters. The summed E-state index contributed by atoms with van der Waals surface area (Å²) in [7, 11) is 1.51. The number of hydrogen-bond acceptors (Lipinski definition) is 6. The number of nitrogens with zero attached hydrogens (tertiary/aromatic N) is 1. The lowest BCUT2D eigenvalue weighted by Crippen LogP contribution is -2.15. The molecule has 0 bridgehead atoms. The van der Waals surface area contributed by atoms with Crippen molar-refractivity contribution in [2.75, 3.05) is 13.7 Å². The van der Waals surface area contributed by atoms with Crippen LogP contribution in [0.4, 0.5) is 0 Å². The van der Waals surface area contributed by atoms with Crippen molar-refractivity contribution in [2.45, 2.75) is 13.8 Å². The van der Waals surface area contributed by atoms with Crippen molar-refractivity contribution < 1.29 is 23.6 Å². The van der Waals surface area contributed by atoms with Crippen molar-refractivity contribution in [1.29, 1.82) is 0 Å². The minimum atomic E-state index is -0.623. The first kappa shape index (κ1) is 14.8. The van der Waals surface area contributed by atoms with Crippen molar-refractivity contribution >= 4 is 11.8 Å². The van der Waals surface area contributed by atoms with Crippen LogP contribution in [-0.2, 0) is 4.74 Å². The molecule has 0 atom stereocenters. The lowest BCUT2D eigenvalue weighted by molar-refractivity contribution is 0.0472. The van der Waals surface area contributed by atoms with Crippen molar-refractivity contribution in [3.8, 4) is 5.75 Å². The standard InChI is InChI=1S/C15H15NO5/c1-9-14(10(2)21-16-9)15(18)20-8-13(17)11-5-4-6-12(7-11)19-3/h4-7H,8H2,1-3H3. The molecule has 0 aliphatic rings. The third-order valence-electron chi connectivity index (χ3n) is 2.96. The van der Waals surface area contributed by atoms with Crippen LogP contribution in [0.2, 0.25) is 0 Å². The largest absolute Gasteiger partial charge is 0.497 e. The first-order valence-electron chi connectivity index (χ1n) is 6.30. The van der Waals surface area contributed by atoms with Crippen LogP contribution in [0.3, 0.4) is 0 Å². The fourth-order valence-electron chi connectivity index (χ4n) is 1.86. The Kier molecular flexibility index (Phi) is 4.37. The number of esters is 1. The van der Waals surface area contributed by atoms with E-state index < -0.39 is 5.97 Å². The zero-order chi connectivity index (χ0) is 15.4. The van der Waals surface area contributed by atoms with Gasteiger partial charge in [0.05, 0.1) is 12.8 Å². The molecule has 0 saturated carbocycles. The van der Waals surface area contributed by atoms with Crippen LogP contribution in [0.5, 0.6) is 5.75 Å². The molecule has 1 aromatic heterocycles. The minimum absolute atomic E-state index is 0.258. The summed E-state index contributed by atoms with van der Waals surface area (Å²) in [4.78, 5) is 23.9. The van der Waals surface area contributed by atoms with Crippen LogP contribution in [-0.4, -0.2) is 30.6 Å². The molecule has 6 nitrogen and oxygen atoms in total. The Labute approximate surface area is 121 Å². The summed E-state index contributed by atoms with van der Waals surface area (Å²) in [5.41, 5.74) is 1.11. The van der Waals surface area contributed by atoms with E-state index in [1.165, 1.54) is 7.11 Å². The second kappa shape index (κ2) is 6.21. The van der Waals surface area contributed by atoms with Crippen LogP contribution in [0.25, 0.3) is 0 Å². The summed E-state index contributed by atoms with van der Waals surface area (Å²) < 4.78 is 14.9. The summed E-state index contributed by atoms with van der Waals surface area (Å²) >= 11 is 0. The fraction of sp³-hybridized carbons (Fsp3) is 0.267. The molecule has 1 heterocycles. The van der Waals surface area contributed by atoms with Crippen molar-refractivity contribution in [3.05, 3.63) is 46.8 Å². The number of carbonyl (C=O) groups is 2. The maximum absolute atomic E-state index is 12.0. The molecule has 110 valence electrons. The number of methoxy groups -OCH3 is 1. The van der Waals surface area contributed by atoms with Crippen LogP contribution in [0.15, 0.2) is 28.8 Å². The molecular weight excluding hydrogens is 274 g/mol. The van der Waals surface area contributed by atoms with Crippen molar-refractivity contribution in [2.24, 2.45) is 0 Å². The summed E-state index contributed by atoms with van der Waals surface area (Å²) in [6.07, 6.45) is 0. The van der Waals surface area contributed by atoms with Crippen LogP contribution >= 0.6 is 0 Å². The molecule has 2 aromatic rings. The Morgan fingerprint density at radius 1 is 1.29 bits per heavy atom. The summed E-state index contributed by atoms with van der Waals surface area (Å²) in [6.45, 7) is 2.90. The molecule has 0 aliphatic carbocycles. The number of aryl methyl sites for hydroxylation is 2. The number of ketones is 1. The SMILES string of the molecule is COc1cccc(C(=O)COC(=O)c2c(C)noc2C)c1. The van der Waals surface area contributed by atoms with Crippen LogP contribution < -0.4 is 4.74 Å². The van der Waals surface area contributed by atoms with Gasteiger partial charge in [0, 0.05) is 5.56 Å². The molecule has 2 rings (SSSR count). The van der Waals surface area contributed by atoms with Gasteiger partial charge in [0.1, 0.15) is 17.1 Å². The molecule has 0 amide bonds. The Bertz CT molecular complexity index is 655. The molecule has 0 fully saturated rings. The quantitative estimate of drug-likeness (QED) is 0.621. The molecule has 0 aliphatic heterocycles. The van der Waals surface area contributed by atoms with Crippen molar-refractivity contribution in [3.63, 3.8) is 0 Å². The van der Waals surface area contributed by atoms with Crippen LogP contribution in [0, 0.1) is 13.8 Å². The zero-order valence-electron chi connectivity index (χ0n) is 12.0. The van der Waals surface area contributed by atoms with Gasteiger partial charge in [-0.2, -0.15) is 0 Å². The highest BCUT2D eigenvalue weighted by atomic mass is 16.5. The van der Waals surface area contributed by atoms with E-state index in [9.17, 15) is 9.59 Å². The molecule has 0 saturated heterocycles. The molecule has 0 N–H and O–H groups in total. The number of aromatic nitrogens is 1. The van der Waals surface area contributed by atoms with Gasteiger partial charge in [-0.3, -0.25) is 4.79 Å². The molecule has 0 spiro atoms. The van der Waals surface area contributed by atoms with Gasteiger partial charge in [0.2, 0.25) is 0 Å². The van der Waals surface area contributed by atoms with Crippen molar-refractivity contribution in [1.82, 2.24) is 5.16 Å². The topological polar surface area (TPSA) is 78.6 Å². The highest BCUT2D eigenvalue weighted by molar-refractivity contribution is 6.00. The third kappa shape index (κ3) is 3.28. The average Bonchev–Trinajstić information content (AvgIpc) is 2.83. The second-order valence-electron chi connectivity index (χ2n) is 4.43. The number of Topliss-reactive ketones (excluding diaryl/α,β-unsaturated/α-hetero) is 1. The van der Waals surface area contributed by atoms with E-state index in [4.69, 9.17) is 14.0 Å². The second-order valence-corrected chi connectivity index (χ2v) is 4.43. The van der Waals surface area contributed by atoms with Gasteiger partial charge in [0.25, 0.3) is 0 Å². The highest BCUT2D eigenvalue weighted by Gasteiger charge is 2.20. The monoisotopic (exact) mass is 289 g/mol. The third-order valence-corrected chi connectivity index (χ3v) is 2.96. The fourth-order valence-corrected chi connectivity index (χ4v) is 1.86. The summed E-state index contributed by atoms with van der Waals surface area (Å²) in [5, 5.41) is 3.67. The lowest BCUT2D eigenvalue weighted by Gasteiger charge is -2.05. The van der Waals surface area contributed by atoms with E-state index in [2.05, 4.69) is 5.16 Å².